The summed E-state index contributed by atoms with van der Waals surface area (Å²) in [6.07, 6.45) is -0.0193. The van der Waals surface area contributed by atoms with Gasteiger partial charge in [0.05, 0.1) is 13.0 Å². The van der Waals surface area contributed by atoms with Gasteiger partial charge in [0.2, 0.25) is 5.91 Å². The van der Waals surface area contributed by atoms with Crippen LogP contribution < -0.4 is 16.0 Å². The number of carbonyl (C=O) groups excluding carboxylic acids is 3. The maximum absolute atomic E-state index is 11.8. The fourth-order valence-electron chi connectivity index (χ4n) is 1.80. The summed E-state index contributed by atoms with van der Waals surface area (Å²) in [5.41, 5.74) is 1.06. The Morgan fingerprint density at radius 3 is 2.58 bits per heavy atom. The van der Waals surface area contributed by atoms with Crippen molar-refractivity contribution in [1.29, 1.82) is 0 Å². The number of anilines is 1. The number of amides is 2. The first kappa shape index (κ1) is 19.6. The van der Waals surface area contributed by atoms with E-state index in [0.717, 1.165) is 0 Å². The monoisotopic (exact) mass is 351 g/mol. The Morgan fingerprint density at radius 2 is 1.92 bits per heavy atom. The quantitative estimate of drug-likeness (QED) is 0.510. The van der Waals surface area contributed by atoms with Crippen LogP contribution in [0.25, 0.3) is 0 Å². The van der Waals surface area contributed by atoms with Gasteiger partial charge in [0, 0.05) is 24.2 Å². The van der Waals surface area contributed by atoms with Gasteiger partial charge in [-0.1, -0.05) is 6.07 Å². The summed E-state index contributed by atoms with van der Waals surface area (Å²) in [7, 11) is 0. The predicted molar refractivity (Wildman–Crippen MR) is 94.7 cm³/mol. The molecule has 1 aromatic rings. The molecule has 0 saturated heterocycles. The summed E-state index contributed by atoms with van der Waals surface area (Å²) in [6.45, 7) is 4.35. The number of nitrogens with one attached hydrogen (secondary N) is 3. The topological polar surface area (TPSA) is 96.5 Å². The average molecular weight is 351 g/mol. The van der Waals surface area contributed by atoms with Crippen LogP contribution in [0, 0.1) is 0 Å². The number of esters is 1. The van der Waals surface area contributed by atoms with E-state index in [4.69, 9.17) is 17.0 Å². The maximum Gasteiger partial charge on any atom is 0.306 e. The number of carbonyl (C=O) groups is 3. The van der Waals surface area contributed by atoms with Crippen LogP contribution in [0.1, 0.15) is 37.0 Å². The second-order valence-corrected chi connectivity index (χ2v) is 5.16. The van der Waals surface area contributed by atoms with E-state index in [1.54, 1.807) is 31.2 Å². The van der Waals surface area contributed by atoms with Crippen molar-refractivity contribution in [3.05, 3.63) is 29.8 Å². The fourth-order valence-corrected chi connectivity index (χ4v) is 2.03. The molecule has 24 heavy (non-hydrogen) atoms. The van der Waals surface area contributed by atoms with Crippen LogP contribution >= 0.6 is 12.2 Å². The smallest absolute Gasteiger partial charge is 0.306 e. The van der Waals surface area contributed by atoms with Crippen molar-refractivity contribution in [2.24, 2.45) is 0 Å². The fraction of sp³-hybridized carbons (Fsp3) is 0.375. The molecular formula is C16H21N3O4S. The van der Waals surface area contributed by atoms with E-state index in [0.29, 0.717) is 17.8 Å². The molecular weight excluding hydrogens is 330 g/mol. The lowest BCUT2D eigenvalue weighted by atomic mass is 10.2. The molecule has 7 nitrogen and oxygen atoms in total. The SMILES string of the molecule is CCNC(=O)c1cccc(NC(=S)NC(=O)CCC(=O)OCC)c1. The van der Waals surface area contributed by atoms with Crippen molar-refractivity contribution < 1.29 is 19.1 Å². The highest BCUT2D eigenvalue weighted by atomic mass is 32.1. The Labute approximate surface area is 146 Å². The average Bonchev–Trinajstić information content (AvgIpc) is 2.53. The number of rotatable bonds is 7. The molecule has 0 aromatic heterocycles. The van der Waals surface area contributed by atoms with Gasteiger partial charge in [-0.15, -0.1) is 0 Å². The normalized spacial score (nSPS) is 9.75. The second kappa shape index (κ2) is 10.3. The van der Waals surface area contributed by atoms with E-state index in [2.05, 4.69) is 16.0 Å². The third-order valence-corrected chi connectivity index (χ3v) is 3.04. The first-order valence-corrected chi connectivity index (χ1v) is 8.01. The second-order valence-electron chi connectivity index (χ2n) is 4.75. The number of ether oxygens (including phenoxy) is 1. The van der Waals surface area contributed by atoms with Gasteiger partial charge in [-0.3, -0.25) is 14.4 Å². The first-order valence-electron chi connectivity index (χ1n) is 7.61. The Kier molecular flexibility index (Phi) is 8.42. The number of thiocarbonyl (C=S) groups is 1. The van der Waals surface area contributed by atoms with Gasteiger partial charge < -0.3 is 20.7 Å². The van der Waals surface area contributed by atoms with E-state index in [1.165, 1.54) is 0 Å². The van der Waals surface area contributed by atoms with Crippen molar-refractivity contribution in [2.45, 2.75) is 26.7 Å². The summed E-state index contributed by atoms with van der Waals surface area (Å²) in [6, 6.07) is 6.73. The highest BCUT2D eigenvalue weighted by Gasteiger charge is 2.10. The van der Waals surface area contributed by atoms with Crippen LogP contribution in [-0.2, 0) is 14.3 Å². The van der Waals surface area contributed by atoms with Crippen molar-refractivity contribution in [3.8, 4) is 0 Å². The molecule has 130 valence electrons. The van der Waals surface area contributed by atoms with Crippen molar-refractivity contribution >= 4 is 40.8 Å². The Hall–Kier alpha value is -2.48. The van der Waals surface area contributed by atoms with E-state index < -0.39 is 5.97 Å². The Balaban J connectivity index is 2.50. The lowest BCUT2D eigenvalue weighted by molar-refractivity contribution is -0.144. The minimum absolute atomic E-state index is 0.00500. The molecule has 0 radical (unpaired) electrons. The van der Waals surface area contributed by atoms with Gasteiger partial charge in [0.15, 0.2) is 5.11 Å². The standard InChI is InChI=1S/C16H21N3O4S/c1-3-17-15(22)11-6-5-7-12(10-11)18-16(24)19-13(20)8-9-14(21)23-4-2/h5-7,10H,3-4,8-9H2,1-2H3,(H,17,22)(H2,18,19,20,24). The molecule has 0 heterocycles. The number of benzene rings is 1. The first-order chi connectivity index (χ1) is 11.5. The summed E-state index contributed by atoms with van der Waals surface area (Å²) in [5.74, 6) is -1.01. The van der Waals surface area contributed by atoms with Crippen LogP contribution in [0.4, 0.5) is 5.69 Å². The van der Waals surface area contributed by atoms with Crippen LogP contribution in [0.2, 0.25) is 0 Å². The molecule has 0 aliphatic carbocycles. The molecule has 8 heteroatoms. The zero-order valence-corrected chi connectivity index (χ0v) is 14.5. The molecule has 0 aliphatic heterocycles. The largest absolute Gasteiger partial charge is 0.466 e. The maximum atomic E-state index is 11.8. The molecule has 0 aliphatic rings. The van der Waals surface area contributed by atoms with Crippen molar-refractivity contribution in [3.63, 3.8) is 0 Å². The van der Waals surface area contributed by atoms with Crippen LogP contribution in [0.5, 0.6) is 0 Å². The summed E-state index contributed by atoms with van der Waals surface area (Å²) in [5, 5.41) is 8.09. The predicted octanol–water partition coefficient (Wildman–Crippen LogP) is 1.59. The van der Waals surface area contributed by atoms with Crippen LogP contribution in [-0.4, -0.2) is 36.0 Å². The number of hydrogen-bond donors (Lipinski definition) is 3. The molecule has 0 unspecified atom stereocenters. The minimum Gasteiger partial charge on any atom is -0.466 e. The highest BCUT2D eigenvalue weighted by molar-refractivity contribution is 7.80. The van der Waals surface area contributed by atoms with Gasteiger partial charge in [-0.25, -0.2) is 0 Å². The Morgan fingerprint density at radius 1 is 1.17 bits per heavy atom. The van der Waals surface area contributed by atoms with Crippen LogP contribution in [0.3, 0.4) is 0 Å². The van der Waals surface area contributed by atoms with E-state index in [-0.39, 0.29) is 36.4 Å². The van der Waals surface area contributed by atoms with Gasteiger partial charge in [-0.2, -0.15) is 0 Å². The van der Waals surface area contributed by atoms with Gasteiger partial charge >= 0.3 is 5.97 Å². The Bertz CT molecular complexity index is 619. The lowest BCUT2D eigenvalue weighted by Gasteiger charge is -2.10. The van der Waals surface area contributed by atoms with E-state index in [1.807, 2.05) is 6.92 Å². The van der Waals surface area contributed by atoms with E-state index >= 15 is 0 Å². The number of hydrogen-bond acceptors (Lipinski definition) is 5. The summed E-state index contributed by atoms with van der Waals surface area (Å²) < 4.78 is 4.74. The molecule has 0 bridgehead atoms. The molecule has 3 N–H and O–H groups in total. The van der Waals surface area contributed by atoms with Gasteiger partial charge in [-0.05, 0) is 44.3 Å². The minimum atomic E-state index is -0.429. The summed E-state index contributed by atoms with van der Waals surface area (Å²) >= 11 is 5.04. The molecule has 0 saturated carbocycles. The molecule has 0 fully saturated rings. The van der Waals surface area contributed by atoms with Crippen molar-refractivity contribution in [2.75, 3.05) is 18.5 Å². The van der Waals surface area contributed by atoms with Gasteiger partial charge in [0.1, 0.15) is 0 Å². The van der Waals surface area contributed by atoms with Gasteiger partial charge in [0.25, 0.3) is 5.91 Å². The third kappa shape index (κ3) is 7.19. The zero-order chi connectivity index (χ0) is 17.9. The van der Waals surface area contributed by atoms with Crippen LogP contribution in [0.15, 0.2) is 24.3 Å². The molecule has 2 amide bonds. The molecule has 1 aromatic carbocycles. The zero-order valence-electron chi connectivity index (χ0n) is 13.7. The lowest BCUT2D eigenvalue weighted by Crippen LogP contribution is -2.34. The van der Waals surface area contributed by atoms with E-state index in [9.17, 15) is 14.4 Å². The summed E-state index contributed by atoms with van der Waals surface area (Å²) in [4.78, 5) is 34.7. The molecule has 0 spiro atoms. The molecule has 0 atom stereocenters. The molecule has 1 rings (SSSR count). The highest BCUT2D eigenvalue weighted by Crippen LogP contribution is 2.10. The van der Waals surface area contributed by atoms with Crippen molar-refractivity contribution in [1.82, 2.24) is 10.6 Å². The third-order valence-electron chi connectivity index (χ3n) is 2.83.